The molecular weight excluding hydrogens is 354 g/mol. The van der Waals surface area contributed by atoms with E-state index in [2.05, 4.69) is 37.9 Å². The summed E-state index contributed by atoms with van der Waals surface area (Å²) in [6.07, 6.45) is 5.65. The summed E-state index contributed by atoms with van der Waals surface area (Å²) in [7, 11) is 0. The Hall–Kier alpha value is -2.51. The van der Waals surface area contributed by atoms with Crippen molar-refractivity contribution in [2.24, 2.45) is 5.92 Å². The number of fused-ring (bicyclic) bond motifs is 1. The number of hydrogen-bond donors (Lipinski definition) is 2. The van der Waals surface area contributed by atoms with Crippen molar-refractivity contribution in [3.05, 3.63) is 47.8 Å². The highest BCUT2D eigenvalue weighted by atomic mass is 35.5. The van der Waals surface area contributed by atoms with Gasteiger partial charge in [-0.3, -0.25) is 4.79 Å². The Morgan fingerprint density at radius 3 is 2.73 bits per heavy atom. The number of nitrogens with zero attached hydrogens (tertiary/aromatic N) is 3. The quantitative estimate of drug-likeness (QED) is 0.713. The van der Waals surface area contributed by atoms with E-state index >= 15 is 0 Å². The van der Waals surface area contributed by atoms with Crippen LogP contribution >= 0.6 is 12.4 Å². The average molecular weight is 374 g/mol. The Morgan fingerprint density at radius 1 is 1.19 bits per heavy atom. The molecule has 2 N–H and O–H groups in total. The molecule has 0 radical (unpaired) electrons. The van der Waals surface area contributed by atoms with Crippen molar-refractivity contribution in [2.45, 2.75) is 19.3 Å². The molecular formula is C18H20ClN5O2. The fraction of sp³-hybridized carbons (Fsp3) is 0.333. The lowest BCUT2D eigenvalue weighted by Gasteiger charge is -2.09. The van der Waals surface area contributed by atoms with Crippen LogP contribution in [0.15, 0.2) is 41.2 Å². The molecule has 1 atom stereocenters. The van der Waals surface area contributed by atoms with Crippen molar-refractivity contribution >= 4 is 35.4 Å². The summed E-state index contributed by atoms with van der Waals surface area (Å²) in [6.45, 7) is 2.21. The van der Waals surface area contributed by atoms with Crippen LogP contribution in [0.5, 0.6) is 0 Å². The fourth-order valence-corrected chi connectivity index (χ4v) is 3.15. The third kappa shape index (κ3) is 4.17. The number of hydrogen-bond acceptors (Lipinski definition) is 6. The zero-order chi connectivity index (χ0) is 17.1. The Bertz CT molecular complexity index is 875. The van der Waals surface area contributed by atoms with Gasteiger partial charge in [0.2, 0.25) is 11.7 Å². The summed E-state index contributed by atoms with van der Waals surface area (Å²) >= 11 is 0. The van der Waals surface area contributed by atoms with Gasteiger partial charge in [-0.05, 0) is 43.0 Å². The predicted octanol–water partition coefficient (Wildman–Crippen LogP) is 2.37. The normalized spacial score (nSPS) is 16.4. The lowest BCUT2D eigenvalue weighted by molar-refractivity contribution is -0.115. The maximum atomic E-state index is 12.2. The number of carbonyl (C=O) groups is 1. The molecule has 3 heterocycles. The first-order valence-corrected chi connectivity index (χ1v) is 8.43. The van der Waals surface area contributed by atoms with Crippen LogP contribution in [-0.2, 0) is 17.6 Å². The molecule has 1 aliphatic rings. The van der Waals surface area contributed by atoms with Crippen molar-refractivity contribution in [1.29, 1.82) is 0 Å². The van der Waals surface area contributed by atoms with Crippen LogP contribution in [0.1, 0.15) is 17.5 Å². The minimum absolute atomic E-state index is 0. The van der Waals surface area contributed by atoms with Crippen LogP contribution in [0.2, 0.25) is 0 Å². The molecule has 0 bridgehead atoms. The fourth-order valence-electron chi connectivity index (χ4n) is 3.15. The second-order valence-corrected chi connectivity index (χ2v) is 6.35. The number of carbonyl (C=O) groups excluding carboxylic acids is 1. The van der Waals surface area contributed by atoms with Gasteiger partial charge in [0.15, 0.2) is 5.52 Å². The third-order valence-corrected chi connectivity index (χ3v) is 4.44. The van der Waals surface area contributed by atoms with Crippen molar-refractivity contribution in [1.82, 2.24) is 20.4 Å². The van der Waals surface area contributed by atoms with E-state index < -0.39 is 0 Å². The number of anilines is 1. The van der Waals surface area contributed by atoms with E-state index in [0.29, 0.717) is 17.0 Å². The van der Waals surface area contributed by atoms with Gasteiger partial charge in [0, 0.05) is 12.4 Å². The highest BCUT2D eigenvalue weighted by molar-refractivity contribution is 5.97. The van der Waals surface area contributed by atoms with Crippen LogP contribution in [0.4, 0.5) is 5.82 Å². The Balaban J connectivity index is 0.00000196. The first-order chi connectivity index (χ1) is 12.3. The van der Waals surface area contributed by atoms with E-state index in [1.807, 2.05) is 12.1 Å². The van der Waals surface area contributed by atoms with Crippen molar-refractivity contribution < 1.29 is 9.32 Å². The van der Waals surface area contributed by atoms with E-state index in [9.17, 15) is 4.79 Å². The summed E-state index contributed by atoms with van der Waals surface area (Å²) in [5.74, 6) is 0.864. The summed E-state index contributed by atoms with van der Waals surface area (Å²) in [4.78, 5) is 20.4. The summed E-state index contributed by atoms with van der Waals surface area (Å²) in [6, 6.07) is 8.24. The zero-order valence-corrected chi connectivity index (χ0v) is 15.0. The average Bonchev–Trinajstić information content (AvgIpc) is 3.27. The van der Waals surface area contributed by atoms with Gasteiger partial charge in [-0.15, -0.1) is 12.4 Å². The SMILES string of the molecule is Cl.O=C(Cc1ccc(CC2CCNC2)cc1)Nc1noc2nccnc12. The molecule has 0 aliphatic carbocycles. The van der Waals surface area contributed by atoms with Crippen LogP contribution in [-0.4, -0.2) is 34.1 Å². The minimum Gasteiger partial charge on any atom is -0.332 e. The Labute approximate surface area is 157 Å². The second kappa shape index (κ2) is 8.25. The molecule has 1 saturated heterocycles. The minimum atomic E-state index is -0.159. The lowest BCUT2D eigenvalue weighted by atomic mass is 9.97. The number of nitrogens with one attached hydrogen (secondary N) is 2. The lowest BCUT2D eigenvalue weighted by Crippen LogP contribution is -2.15. The molecule has 136 valence electrons. The standard InChI is InChI=1S/C18H19N5O2.ClH/c24-15(22-17-16-18(25-23-17)21-8-7-20-16)10-13-3-1-12(2-4-13)9-14-5-6-19-11-14;/h1-4,7-8,14,19H,5-6,9-11H2,(H,22,23,24);1H. The highest BCUT2D eigenvalue weighted by Gasteiger charge is 2.15. The molecule has 1 aliphatic heterocycles. The maximum absolute atomic E-state index is 12.2. The molecule has 0 spiro atoms. The van der Waals surface area contributed by atoms with E-state index in [1.165, 1.54) is 24.4 Å². The number of rotatable bonds is 5. The van der Waals surface area contributed by atoms with Crippen LogP contribution < -0.4 is 10.6 Å². The van der Waals surface area contributed by atoms with Gasteiger partial charge in [-0.1, -0.05) is 29.4 Å². The molecule has 1 amide bonds. The molecule has 4 rings (SSSR count). The first kappa shape index (κ1) is 18.3. The predicted molar refractivity (Wildman–Crippen MR) is 100 cm³/mol. The van der Waals surface area contributed by atoms with E-state index in [4.69, 9.17) is 4.52 Å². The molecule has 2 aromatic heterocycles. The summed E-state index contributed by atoms with van der Waals surface area (Å²) in [5, 5.41) is 9.93. The van der Waals surface area contributed by atoms with Gasteiger partial charge in [0.1, 0.15) is 0 Å². The monoisotopic (exact) mass is 373 g/mol. The van der Waals surface area contributed by atoms with Crippen LogP contribution in [0.25, 0.3) is 11.2 Å². The van der Waals surface area contributed by atoms with Gasteiger partial charge < -0.3 is 15.2 Å². The van der Waals surface area contributed by atoms with Gasteiger partial charge in [0.25, 0.3) is 5.71 Å². The van der Waals surface area contributed by atoms with Gasteiger partial charge in [-0.25, -0.2) is 9.97 Å². The highest BCUT2D eigenvalue weighted by Crippen LogP contribution is 2.18. The number of halogens is 1. The smallest absolute Gasteiger partial charge is 0.278 e. The van der Waals surface area contributed by atoms with Gasteiger partial charge in [-0.2, -0.15) is 0 Å². The van der Waals surface area contributed by atoms with Crippen molar-refractivity contribution in [3.8, 4) is 0 Å². The molecule has 1 unspecified atom stereocenters. The molecule has 26 heavy (non-hydrogen) atoms. The summed E-state index contributed by atoms with van der Waals surface area (Å²) < 4.78 is 5.04. The number of aromatic nitrogens is 3. The molecule has 0 saturated carbocycles. The number of amides is 1. The third-order valence-electron chi connectivity index (χ3n) is 4.44. The maximum Gasteiger partial charge on any atom is 0.278 e. The van der Waals surface area contributed by atoms with Crippen molar-refractivity contribution in [3.63, 3.8) is 0 Å². The Kier molecular flexibility index (Phi) is 5.80. The summed E-state index contributed by atoms with van der Waals surface area (Å²) in [5.41, 5.74) is 3.04. The van der Waals surface area contributed by atoms with E-state index in [-0.39, 0.29) is 24.7 Å². The zero-order valence-electron chi connectivity index (χ0n) is 14.1. The molecule has 1 fully saturated rings. The molecule has 8 heteroatoms. The van der Waals surface area contributed by atoms with E-state index in [1.54, 1.807) is 0 Å². The molecule has 7 nitrogen and oxygen atoms in total. The largest absolute Gasteiger partial charge is 0.332 e. The first-order valence-electron chi connectivity index (χ1n) is 8.43. The Morgan fingerprint density at radius 2 is 1.96 bits per heavy atom. The molecule has 1 aromatic carbocycles. The second-order valence-electron chi connectivity index (χ2n) is 6.35. The number of benzene rings is 1. The van der Waals surface area contributed by atoms with Crippen LogP contribution in [0.3, 0.4) is 0 Å². The van der Waals surface area contributed by atoms with Crippen LogP contribution in [0, 0.1) is 5.92 Å². The van der Waals surface area contributed by atoms with Gasteiger partial charge >= 0.3 is 0 Å². The van der Waals surface area contributed by atoms with Gasteiger partial charge in [0.05, 0.1) is 6.42 Å². The van der Waals surface area contributed by atoms with Crippen molar-refractivity contribution in [2.75, 3.05) is 18.4 Å². The topological polar surface area (TPSA) is 92.9 Å². The van der Waals surface area contributed by atoms with E-state index in [0.717, 1.165) is 31.0 Å². The molecule has 3 aromatic rings.